The smallest absolute Gasteiger partial charge is 0.243 e. The Morgan fingerprint density at radius 2 is 1.69 bits per heavy atom. The lowest BCUT2D eigenvalue weighted by molar-refractivity contribution is -0.131. The van der Waals surface area contributed by atoms with Crippen molar-refractivity contribution in [2.24, 2.45) is 0 Å². The first-order valence-corrected chi connectivity index (χ1v) is 12.8. The van der Waals surface area contributed by atoms with Crippen molar-refractivity contribution in [3.05, 3.63) is 29.8 Å². The van der Waals surface area contributed by atoms with E-state index in [0.29, 0.717) is 31.9 Å². The molecule has 9 heteroatoms. The van der Waals surface area contributed by atoms with E-state index in [1.807, 2.05) is 0 Å². The Balaban J connectivity index is 2.01. The summed E-state index contributed by atoms with van der Waals surface area (Å²) < 4.78 is 32.3. The van der Waals surface area contributed by atoms with Crippen molar-refractivity contribution in [3.8, 4) is 0 Å². The van der Waals surface area contributed by atoms with E-state index in [2.05, 4.69) is 11.8 Å². The van der Waals surface area contributed by atoms with Crippen molar-refractivity contribution >= 4 is 21.7 Å². The monoisotopic (exact) mass is 467 g/mol. The fraction of sp³-hybridized carbons (Fsp3) is 0.652. The molecule has 1 aromatic rings. The van der Waals surface area contributed by atoms with Gasteiger partial charge in [0.05, 0.1) is 24.7 Å². The summed E-state index contributed by atoms with van der Waals surface area (Å²) in [6.07, 6.45) is 4.20. The third-order valence-electron chi connectivity index (χ3n) is 5.75. The largest absolute Gasteiger partial charge is 0.379 e. The number of unbranched alkanes of at least 4 members (excludes halogenated alkanes) is 3. The maximum absolute atomic E-state index is 13.0. The molecule has 1 amide bonds. The first kappa shape index (κ1) is 26.4. The number of hydrogen-bond acceptors (Lipinski definition) is 6. The van der Waals surface area contributed by atoms with E-state index in [-0.39, 0.29) is 23.1 Å². The third kappa shape index (κ3) is 7.95. The van der Waals surface area contributed by atoms with Crippen molar-refractivity contribution in [2.45, 2.75) is 44.4 Å². The van der Waals surface area contributed by atoms with E-state index < -0.39 is 10.0 Å². The molecule has 0 aromatic heterocycles. The second kappa shape index (κ2) is 13.0. The number of morpholine rings is 1. The molecule has 0 N–H and O–H groups in total. The van der Waals surface area contributed by atoms with Gasteiger partial charge in [-0.05, 0) is 25.5 Å². The highest BCUT2D eigenvalue weighted by molar-refractivity contribution is 7.89. The SMILES string of the molecule is CCCCCCN(CCN1CCOCC1)C(=O)CN(C)S(=O)(=O)c1ccc(C(C)=O)cc1. The first-order valence-electron chi connectivity index (χ1n) is 11.4. The molecule has 8 nitrogen and oxygen atoms in total. The van der Waals surface area contributed by atoms with Crippen LogP contribution in [0.3, 0.4) is 0 Å². The molecular weight excluding hydrogens is 430 g/mol. The highest BCUT2D eigenvalue weighted by Gasteiger charge is 2.25. The lowest BCUT2D eigenvalue weighted by Gasteiger charge is -2.31. The van der Waals surface area contributed by atoms with Crippen LogP contribution in [0.1, 0.15) is 49.9 Å². The number of amides is 1. The summed E-state index contributed by atoms with van der Waals surface area (Å²) >= 11 is 0. The summed E-state index contributed by atoms with van der Waals surface area (Å²) in [6.45, 7) is 8.42. The third-order valence-corrected chi connectivity index (χ3v) is 7.57. The molecule has 32 heavy (non-hydrogen) atoms. The van der Waals surface area contributed by atoms with Gasteiger partial charge in [0.15, 0.2) is 5.78 Å². The average Bonchev–Trinajstić information content (AvgIpc) is 2.79. The molecule has 0 aliphatic carbocycles. The van der Waals surface area contributed by atoms with Crippen LogP contribution < -0.4 is 0 Å². The molecular formula is C23H37N3O5S. The minimum absolute atomic E-state index is 0.0700. The van der Waals surface area contributed by atoms with Crippen LogP contribution in [0.4, 0.5) is 0 Å². The Morgan fingerprint density at radius 3 is 2.28 bits per heavy atom. The number of carbonyl (C=O) groups excluding carboxylic acids is 2. The number of hydrogen-bond donors (Lipinski definition) is 0. The normalized spacial score (nSPS) is 15.1. The summed E-state index contributed by atoms with van der Waals surface area (Å²) in [5.74, 6) is -0.322. The predicted molar refractivity (Wildman–Crippen MR) is 124 cm³/mol. The summed E-state index contributed by atoms with van der Waals surface area (Å²) in [6, 6.07) is 5.81. The summed E-state index contributed by atoms with van der Waals surface area (Å²) in [5.41, 5.74) is 0.448. The van der Waals surface area contributed by atoms with E-state index in [0.717, 1.165) is 49.6 Å². The van der Waals surface area contributed by atoms with Crippen LogP contribution in [0, 0.1) is 0 Å². The van der Waals surface area contributed by atoms with E-state index >= 15 is 0 Å². The molecule has 1 aliphatic heterocycles. The fourth-order valence-corrected chi connectivity index (χ4v) is 4.71. The molecule has 0 atom stereocenters. The van der Waals surface area contributed by atoms with Gasteiger partial charge in [0.25, 0.3) is 0 Å². The number of sulfonamides is 1. The summed E-state index contributed by atoms with van der Waals surface area (Å²) in [7, 11) is -2.41. The molecule has 0 unspecified atom stereocenters. The highest BCUT2D eigenvalue weighted by Crippen LogP contribution is 2.16. The molecule has 0 spiro atoms. The Kier molecular flexibility index (Phi) is 10.8. The van der Waals surface area contributed by atoms with Crippen molar-refractivity contribution in [1.82, 2.24) is 14.1 Å². The van der Waals surface area contributed by atoms with Gasteiger partial charge in [-0.25, -0.2) is 8.42 Å². The zero-order valence-corrected chi connectivity index (χ0v) is 20.4. The van der Waals surface area contributed by atoms with Gasteiger partial charge in [0, 0.05) is 45.3 Å². The maximum Gasteiger partial charge on any atom is 0.243 e. The molecule has 1 fully saturated rings. The molecule has 1 aromatic carbocycles. The van der Waals surface area contributed by atoms with Gasteiger partial charge in [0.2, 0.25) is 15.9 Å². The molecule has 2 rings (SSSR count). The number of likely N-dealkylation sites (N-methyl/N-ethyl adjacent to an activating group) is 1. The number of rotatable bonds is 13. The summed E-state index contributed by atoms with van der Waals surface area (Å²) in [5, 5.41) is 0. The number of Topliss-reactive ketones (excluding diaryl/α,β-unsaturated/α-hetero) is 1. The van der Waals surface area contributed by atoms with Crippen LogP contribution in [0.5, 0.6) is 0 Å². The molecule has 180 valence electrons. The fourth-order valence-electron chi connectivity index (χ4n) is 3.59. The van der Waals surface area contributed by atoms with Crippen molar-refractivity contribution in [2.75, 3.05) is 59.5 Å². The molecule has 0 radical (unpaired) electrons. The predicted octanol–water partition coefficient (Wildman–Crippen LogP) is 2.25. The first-order chi connectivity index (χ1) is 15.3. The lowest BCUT2D eigenvalue weighted by Crippen LogP contribution is -2.46. The topological polar surface area (TPSA) is 87.2 Å². The standard InChI is InChI=1S/C23H37N3O5S/c1-4-5-6-7-12-26(14-13-25-15-17-31-18-16-25)23(28)19-24(3)32(29,30)22-10-8-21(9-11-22)20(2)27/h8-11H,4-7,12-19H2,1-3H3. The van der Waals surface area contributed by atoms with Crippen LogP contribution in [0.2, 0.25) is 0 Å². The zero-order valence-electron chi connectivity index (χ0n) is 19.6. The number of benzene rings is 1. The lowest BCUT2D eigenvalue weighted by atomic mass is 10.2. The Bertz CT molecular complexity index is 836. The van der Waals surface area contributed by atoms with Gasteiger partial charge >= 0.3 is 0 Å². The van der Waals surface area contributed by atoms with E-state index in [1.54, 1.807) is 4.90 Å². The minimum Gasteiger partial charge on any atom is -0.379 e. The van der Waals surface area contributed by atoms with Crippen molar-refractivity contribution < 1.29 is 22.7 Å². The second-order valence-corrected chi connectivity index (χ2v) is 10.3. The van der Waals surface area contributed by atoms with Gasteiger partial charge in [-0.3, -0.25) is 14.5 Å². The van der Waals surface area contributed by atoms with E-state index in [4.69, 9.17) is 4.74 Å². The number of ether oxygens (including phenoxy) is 1. The van der Waals surface area contributed by atoms with E-state index in [1.165, 1.54) is 38.2 Å². The Morgan fingerprint density at radius 1 is 1.03 bits per heavy atom. The molecule has 1 saturated heterocycles. The van der Waals surface area contributed by atoms with Crippen LogP contribution in [0.25, 0.3) is 0 Å². The summed E-state index contributed by atoms with van der Waals surface area (Å²) in [4.78, 5) is 28.6. The number of carbonyl (C=O) groups is 2. The van der Waals surface area contributed by atoms with Crippen LogP contribution in [-0.4, -0.2) is 93.7 Å². The highest BCUT2D eigenvalue weighted by atomic mass is 32.2. The minimum atomic E-state index is -3.83. The zero-order chi connectivity index (χ0) is 23.6. The van der Waals surface area contributed by atoms with Gasteiger partial charge in [-0.15, -0.1) is 0 Å². The van der Waals surface area contributed by atoms with E-state index in [9.17, 15) is 18.0 Å². The quantitative estimate of drug-likeness (QED) is 0.327. The average molecular weight is 468 g/mol. The van der Waals surface area contributed by atoms with Crippen molar-refractivity contribution in [1.29, 1.82) is 0 Å². The van der Waals surface area contributed by atoms with Gasteiger partial charge in [-0.2, -0.15) is 4.31 Å². The van der Waals surface area contributed by atoms with Crippen LogP contribution >= 0.6 is 0 Å². The second-order valence-electron chi connectivity index (χ2n) is 8.24. The molecule has 1 heterocycles. The maximum atomic E-state index is 13.0. The van der Waals surface area contributed by atoms with Gasteiger partial charge < -0.3 is 9.64 Å². The van der Waals surface area contributed by atoms with Crippen LogP contribution in [0.15, 0.2) is 29.2 Å². The molecule has 0 saturated carbocycles. The Hall–Kier alpha value is -1.81. The van der Waals surface area contributed by atoms with Gasteiger partial charge in [-0.1, -0.05) is 38.3 Å². The number of nitrogens with zero attached hydrogens (tertiary/aromatic N) is 3. The Labute approximate surface area is 192 Å². The van der Waals surface area contributed by atoms with Gasteiger partial charge in [0.1, 0.15) is 0 Å². The van der Waals surface area contributed by atoms with Crippen molar-refractivity contribution in [3.63, 3.8) is 0 Å². The van der Waals surface area contributed by atoms with Crippen LogP contribution in [-0.2, 0) is 19.6 Å². The molecule has 0 bridgehead atoms. The molecule has 1 aliphatic rings. The number of ketones is 1.